The highest BCUT2D eigenvalue weighted by molar-refractivity contribution is 5.83. The number of nitrogens with zero attached hydrogens (tertiary/aromatic N) is 4. The van der Waals surface area contributed by atoms with Crippen molar-refractivity contribution in [1.82, 2.24) is 24.7 Å². The summed E-state index contributed by atoms with van der Waals surface area (Å²) in [5, 5.41) is 8.73. The maximum Gasteiger partial charge on any atom is 0.261 e. The molecule has 6 nitrogen and oxygen atoms in total. The monoisotopic (exact) mass is 353 g/mol. The Morgan fingerprint density at radius 1 is 1.00 bits per heavy atom. The van der Waals surface area contributed by atoms with Crippen LogP contribution >= 0.6 is 0 Å². The standard InChI is InChI=1S/C21H15N5O/c27-21-18-6-7-22-11-20(18)23-13-26(21)12-14-2-1-3-15(8-14)16-4-5-17-10-24-25-19(17)9-16/h1-11,13H,12H2,(H,24,25). The molecule has 0 spiro atoms. The minimum atomic E-state index is -0.0633. The summed E-state index contributed by atoms with van der Waals surface area (Å²) in [4.78, 5) is 21.0. The molecule has 0 aliphatic carbocycles. The van der Waals surface area contributed by atoms with E-state index in [-0.39, 0.29) is 5.56 Å². The fraction of sp³-hybridized carbons (Fsp3) is 0.0476. The van der Waals surface area contributed by atoms with E-state index in [2.05, 4.69) is 44.4 Å². The highest BCUT2D eigenvalue weighted by Crippen LogP contribution is 2.24. The van der Waals surface area contributed by atoms with Gasteiger partial charge in [-0.15, -0.1) is 0 Å². The normalized spacial score (nSPS) is 11.3. The fourth-order valence-corrected chi connectivity index (χ4v) is 3.28. The number of H-pyrrole nitrogens is 1. The number of fused-ring (bicyclic) bond motifs is 2. The first-order chi connectivity index (χ1) is 13.3. The Bertz CT molecular complexity index is 1340. The molecule has 0 radical (unpaired) electrons. The Kier molecular flexibility index (Phi) is 3.53. The SMILES string of the molecule is O=c1c2ccncc2ncn1Cc1cccc(-c2ccc3cn[nH]c3c2)c1. The lowest BCUT2D eigenvalue weighted by Gasteiger charge is -2.09. The van der Waals surface area contributed by atoms with Gasteiger partial charge in [0.25, 0.3) is 5.56 Å². The van der Waals surface area contributed by atoms with Crippen molar-refractivity contribution in [1.29, 1.82) is 0 Å². The van der Waals surface area contributed by atoms with Crippen LogP contribution in [-0.2, 0) is 6.54 Å². The second-order valence-electron chi connectivity index (χ2n) is 6.44. The Morgan fingerprint density at radius 2 is 1.93 bits per heavy atom. The van der Waals surface area contributed by atoms with Crippen molar-refractivity contribution in [3.8, 4) is 11.1 Å². The van der Waals surface area contributed by atoms with Crippen LogP contribution in [0, 0.1) is 0 Å². The molecule has 27 heavy (non-hydrogen) atoms. The molecular weight excluding hydrogens is 338 g/mol. The van der Waals surface area contributed by atoms with Gasteiger partial charge < -0.3 is 0 Å². The zero-order valence-electron chi connectivity index (χ0n) is 14.3. The topological polar surface area (TPSA) is 76.5 Å². The van der Waals surface area contributed by atoms with Gasteiger partial charge in [0.1, 0.15) is 0 Å². The third kappa shape index (κ3) is 2.77. The van der Waals surface area contributed by atoms with Crippen LogP contribution in [0.1, 0.15) is 5.56 Å². The van der Waals surface area contributed by atoms with Gasteiger partial charge in [-0.2, -0.15) is 5.10 Å². The third-order valence-electron chi connectivity index (χ3n) is 4.68. The minimum absolute atomic E-state index is 0.0633. The van der Waals surface area contributed by atoms with Crippen molar-refractivity contribution < 1.29 is 0 Å². The van der Waals surface area contributed by atoms with Crippen molar-refractivity contribution >= 4 is 21.8 Å². The number of rotatable bonds is 3. The van der Waals surface area contributed by atoms with Crippen LogP contribution in [0.15, 0.2) is 78.2 Å². The highest BCUT2D eigenvalue weighted by Gasteiger charge is 2.06. The maximum atomic E-state index is 12.7. The Labute approximate surface area is 154 Å². The van der Waals surface area contributed by atoms with E-state index < -0.39 is 0 Å². The Morgan fingerprint density at radius 3 is 2.89 bits per heavy atom. The van der Waals surface area contributed by atoms with Crippen molar-refractivity contribution in [3.63, 3.8) is 0 Å². The Balaban J connectivity index is 1.52. The molecule has 0 aliphatic rings. The van der Waals surface area contributed by atoms with E-state index in [1.807, 2.05) is 24.4 Å². The average molecular weight is 353 g/mol. The third-order valence-corrected chi connectivity index (χ3v) is 4.68. The van der Waals surface area contributed by atoms with E-state index in [9.17, 15) is 4.79 Å². The minimum Gasteiger partial charge on any atom is -0.294 e. The van der Waals surface area contributed by atoms with Crippen LogP contribution in [0.2, 0.25) is 0 Å². The van der Waals surface area contributed by atoms with E-state index in [1.54, 1.807) is 29.4 Å². The lowest BCUT2D eigenvalue weighted by Crippen LogP contribution is -2.21. The first-order valence-corrected chi connectivity index (χ1v) is 8.59. The van der Waals surface area contributed by atoms with Gasteiger partial charge in [-0.3, -0.25) is 19.4 Å². The fourth-order valence-electron chi connectivity index (χ4n) is 3.28. The molecule has 1 N–H and O–H groups in total. The molecule has 0 saturated heterocycles. The van der Waals surface area contributed by atoms with Gasteiger partial charge in [-0.25, -0.2) is 4.98 Å². The molecule has 6 heteroatoms. The van der Waals surface area contributed by atoms with Crippen LogP contribution in [0.25, 0.3) is 32.9 Å². The number of hydrogen-bond acceptors (Lipinski definition) is 4. The smallest absolute Gasteiger partial charge is 0.261 e. The van der Waals surface area contributed by atoms with Gasteiger partial charge in [0.2, 0.25) is 0 Å². The number of benzene rings is 2. The van der Waals surface area contributed by atoms with E-state index in [4.69, 9.17) is 0 Å². The summed E-state index contributed by atoms with van der Waals surface area (Å²) in [6, 6.07) is 16.1. The largest absolute Gasteiger partial charge is 0.294 e. The summed E-state index contributed by atoms with van der Waals surface area (Å²) in [7, 11) is 0. The molecule has 2 aromatic carbocycles. The van der Waals surface area contributed by atoms with Gasteiger partial charge in [-0.1, -0.05) is 30.3 Å². The number of nitrogens with one attached hydrogen (secondary N) is 1. The molecule has 0 saturated carbocycles. The van der Waals surface area contributed by atoms with Crippen molar-refractivity contribution in [2.75, 3.05) is 0 Å². The van der Waals surface area contributed by atoms with E-state index in [1.165, 1.54) is 0 Å². The molecule has 0 aliphatic heterocycles. The molecule has 0 atom stereocenters. The van der Waals surface area contributed by atoms with E-state index in [0.717, 1.165) is 27.6 Å². The quantitative estimate of drug-likeness (QED) is 0.539. The lowest BCUT2D eigenvalue weighted by molar-refractivity contribution is 0.748. The lowest BCUT2D eigenvalue weighted by atomic mass is 10.0. The van der Waals surface area contributed by atoms with Gasteiger partial charge >= 0.3 is 0 Å². The molecule has 0 unspecified atom stereocenters. The zero-order chi connectivity index (χ0) is 18.2. The average Bonchev–Trinajstić information content (AvgIpc) is 3.18. The van der Waals surface area contributed by atoms with Crippen molar-refractivity contribution in [2.45, 2.75) is 6.54 Å². The second kappa shape index (κ2) is 6.17. The first-order valence-electron chi connectivity index (χ1n) is 8.59. The van der Waals surface area contributed by atoms with Gasteiger partial charge in [0.15, 0.2) is 0 Å². The zero-order valence-corrected chi connectivity index (χ0v) is 14.3. The summed E-state index contributed by atoms with van der Waals surface area (Å²) in [5.74, 6) is 0. The number of hydrogen-bond donors (Lipinski definition) is 1. The summed E-state index contributed by atoms with van der Waals surface area (Å²) in [6.07, 6.45) is 6.61. The summed E-state index contributed by atoms with van der Waals surface area (Å²) >= 11 is 0. The molecule has 130 valence electrons. The van der Waals surface area contributed by atoms with Gasteiger partial charge in [0.05, 0.1) is 41.7 Å². The molecule has 0 bridgehead atoms. The van der Waals surface area contributed by atoms with Crippen molar-refractivity contribution in [3.05, 3.63) is 89.4 Å². The Hall–Kier alpha value is -3.80. The summed E-state index contributed by atoms with van der Waals surface area (Å²) < 4.78 is 1.62. The molecule has 5 aromatic rings. The number of aromatic amines is 1. The molecule has 0 amide bonds. The predicted octanol–water partition coefficient (Wildman–Crippen LogP) is 3.38. The first kappa shape index (κ1) is 15.5. The maximum absolute atomic E-state index is 12.7. The van der Waals surface area contributed by atoms with E-state index >= 15 is 0 Å². The van der Waals surface area contributed by atoms with Crippen molar-refractivity contribution in [2.24, 2.45) is 0 Å². The molecule has 0 fully saturated rings. The summed E-state index contributed by atoms with van der Waals surface area (Å²) in [6.45, 7) is 0.463. The van der Waals surface area contributed by atoms with Crippen LogP contribution in [0.4, 0.5) is 0 Å². The summed E-state index contributed by atoms with van der Waals surface area (Å²) in [5.41, 5.74) is 4.78. The van der Waals surface area contributed by atoms with E-state index in [0.29, 0.717) is 17.4 Å². The van der Waals surface area contributed by atoms with Gasteiger partial charge in [0, 0.05) is 11.6 Å². The number of aromatic nitrogens is 5. The van der Waals surface area contributed by atoms with Crippen LogP contribution < -0.4 is 5.56 Å². The predicted molar refractivity (Wildman–Crippen MR) is 104 cm³/mol. The highest BCUT2D eigenvalue weighted by atomic mass is 16.1. The second-order valence-corrected chi connectivity index (χ2v) is 6.44. The van der Waals surface area contributed by atoms with Gasteiger partial charge in [-0.05, 0) is 34.9 Å². The molecular formula is C21H15N5O. The van der Waals surface area contributed by atoms with Crippen LogP contribution in [0.3, 0.4) is 0 Å². The molecule has 5 rings (SSSR count). The van der Waals surface area contributed by atoms with Crippen LogP contribution in [-0.4, -0.2) is 24.7 Å². The molecule has 3 aromatic heterocycles. The molecule has 3 heterocycles. The van der Waals surface area contributed by atoms with Crippen LogP contribution in [0.5, 0.6) is 0 Å². The number of pyridine rings is 1.